The van der Waals surface area contributed by atoms with Gasteiger partial charge in [-0.15, -0.1) is 0 Å². The van der Waals surface area contributed by atoms with Gasteiger partial charge in [0.1, 0.15) is 0 Å². The molecule has 2 fully saturated rings. The summed E-state index contributed by atoms with van der Waals surface area (Å²) < 4.78 is 0. The first-order chi connectivity index (χ1) is 12.9. The molecule has 0 amide bonds. The lowest BCUT2D eigenvalue weighted by Crippen LogP contribution is -2.37. The SMILES string of the molecule is CC1=C2/C(=C/c3ccccc3)C[C@@H](C)C[C@H]3[C@H](C(C)C)CC[C@@]3(C)[C@H]2CC1. The van der Waals surface area contributed by atoms with Gasteiger partial charge in [0.05, 0.1) is 0 Å². The first-order valence-electron chi connectivity index (χ1n) is 11.4. The average Bonchev–Trinajstić information content (AvgIpc) is 3.16. The van der Waals surface area contributed by atoms with E-state index < -0.39 is 0 Å². The highest BCUT2D eigenvalue weighted by atomic mass is 14.6. The van der Waals surface area contributed by atoms with Crippen LogP contribution in [0.4, 0.5) is 0 Å². The molecule has 27 heavy (non-hydrogen) atoms. The fraction of sp³-hybridized carbons (Fsp3) is 0.630. The molecule has 1 aromatic rings. The summed E-state index contributed by atoms with van der Waals surface area (Å²) in [6.45, 7) is 12.5. The van der Waals surface area contributed by atoms with Crippen LogP contribution in [0, 0.1) is 35.0 Å². The van der Waals surface area contributed by atoms with Crippen LogP contribution in [0.1, 0.15) is 78.7 Å². The minimum absolute atomic E-state index is 0.506. The van der Waals surface area contributed by atoms with Gasteiger partial charge < -0.3 is 0 Å². The molecule has 1 aromatic carbocycles. The molecule has 0 bridgehead atoms. The zero-order valence-electron chi connectivity index (χ0n) is 18.1. The van der Waals surface area contributed by atoms with E-state index in [1.165, 1.54) is 44.1 Å². The number of fused-ring (bicyclic) bond motifs is 3. The molecule has 3 aliphatic carbocycles. The van der Waals surface area contributed by atoms with Crippen LogP contribution in [0.15, 0.2) is 47.1 Å². The maximum atomic E-state index is 2.67. The van der Waals surface area contributed by atoms with Crippen LogP contribution in [0.25, 0.3) is 6.08 Å². The Morgan fingerprint density at radius 1 is 1.11 bits per heavy atom. The molecular weight excluding hydrogens is 324 g/mol. The predicted octanol–water partition coefficient (Wildman–Crippen LogP) is 7.91. The monoisotopic (exact) mass is 362 g/mol. The lowest BCUT2D eigenvalue weighted by molar-refractivity contribution is 0.0828. The number of hydrogen-bond donors (Lipinski definition) is 0. The topological polar surface area (TPSA) is 0 Å². The van der Waals surface area contributed by atoms with Gasteiger partial charge in [-0.3, -0.25) is 0 Å². The maximum Gasteiger partial charge on any atom is -0.01000 e. The molecule has 0 radical (unpaired) electrons. The third-order valence-electron chi connectivity index (χ3n) is 8.36. The molecular formula is C27H38. The van der Waals surface area contributed by atoms with E-state index in [1.54, 1.807) is 16.7 Å². The molecule has 146 valence electrons. The lowest BCUT2D eigenvalue weighted by Gasteiger charge is -2.45. The van der Waals surface area contributed by atoms with E-state index in [9.17, 15) is 0 Å². The summed E-state index contributed by atoms with van der Waals surface area (Å²) in [7, 11) is 0. The number of allylic oxidation sites excluding steroid dienone is 3. The van der Waals surface area contributed by atoms with E-state index in [0.29, 0.717) is 5.41 Å². The molecule has 0 saturated heterocycles. The number of rotatable bonds is 2. The van der Waals surface area contributed by atoms with Crippen LogP contribution in [0.2, 0.25) is 0 Å². The molecule has 0 nitrogen and oxygen atoms in total. The summed E-state index contributed by atoms with van der Waals surface area (Å²) in [4.78, 5) is 0. The van der Waals surface area contributed by atoms with Crippen molar-refractivity contribution in [2.75, 3.05) is 0 Å². The summed E-state index contributed by atoms with van der Waals surface area (Å²) in [5, 5.41) is 0. The maximum absolute atomic E-state index is 2.67. The second-order valence-electron chi connectivity index (χ2n) is 10.5. The third kappa shape index (κ3) is 3.34. The van der Waals surface area contributed by atoms with Gasteiger partial charge in [-0.2, -0.15) is 0 Å². The second-order valence-corrected chi connectivity index (χ2v) is 10.5. The molecule has 2 saturated carbocycles. The Balaban J connectivity index is 1.78. The van der Waals surface area contributed by atoms with Crippen molar-refractivity contribution in [3.05, 3.63) is 52.6 Å². The van der Waals surface area contributed by atoms with Crippen LogP contribution in [-0.2, 0) is 0 Å². The van der Waals surface area contributed by atoms with Gasteiger partial charge in [0.2, 0.25) is 0 Å². The minimum atomic E-state index is 0.506. The van der Waals surface area contributed by atoms with Crippen molar-refractivity contribution in [3.63, 3.8) is 0 Å². The predicted molar refractivity (Wildman–Crippen MR) is 117 cm³/mol. The van der Waals surface area contributed by atoms with Gasteiger partial charge >= 0.3 is 0 Å². The zero-order chi connectivity index (χ0) is 19.2. The fourth-order valence-corrected chi connectivity index (χ4v) is 7.01. The van der Waals surface area contributed by atoms with Crippen LogP contribution < -0.4 is 0 Å². The number of benzene rings is 1. The summed E-state index contributed by atoms with van der Waals surface area (Å²) >= 11 is 0. The summed E-state index contributed by atoms with van der Waals surface area (Å²) in [5.74, 6) is 4.24. The van der Waals surface area contributed by atoms with Gasteiger partial charge in [0, 0.05) is 0 Å². The van der Waals surface area contributed by atoms with E-state index in [1.807, 2.05) is 0 Å². The summed E-state index contributed by atoms with van der Waals surface area (Å²) in [6, 6.07) is 11.0. The molecule has 0 aromatic heterocycles. The highest BCUT2D eigenvalue weighted by Crippen LogP contribution is 2.62. The van der Waals surface area contributed by atoms with Gasteiger partial charge in [0.15, 0.2) is 0 Å². The summed E-state index contributed by atoms with van der Waals surface area (Å²) in [5.41, 5.74) is 6.99. The van der Waals surface area contributed by atoms with Crippen molar-refractivity contribution in [2.45, 2.75) is 73.1 Å². The van der Waals surface area contributed by atoms with Crippen molar-refractivity contribution in [2.24, 2.45) is 35.0 Å². The quantitative estimate of drug-likeness (QED) is 0.501. The van der Waals surface area contributed by atoms with E-state index in [4.69, 9.17) is 0 Å². The normalized spacial score (nSPS) is 38.1. The average molecular weight is 363 g/mol. The van der Waals surface area contributed by atoms with Gasteiger partial charge in [-0.1, -0.05) is 69.7 Å². The van der Waals surface area contributed by atoms with Crippen LogP contribution in [0.3, 0.4) is 0 Å². The van der Waals surface area contributed by atoms with E-state index >= 15 is 0 Å². The van der Waals surface area contributed by atoms with Crippen LogP contribution >= 0.6 is 0 Å². The highest BCUT2D eigenvalue weighted by molar-refractivity contribution is 5.61. The molecule has 0 unspecified atom stereocenters. The Hall–Kier alpha value is -1.30. The van der Waals surface area contributed by atoms with Crippen molar-refractivity contribution < 1.29 is 0 Å². The van der Waals surface area contributed by atoms with Gasteiger partial charge in [-0.05, 0) is 97.2 Å². The Bertz CT molecular complexity index is 735. The van der Waals surface area contributed by atoms with Gasteiger partial charge in [0.25, 0.3) is 0 Å². The van der Waals surface area contributed by atoms with E-state index in [0.717, 1.165) is 29.6 Å². The second kappa shape index (κ2) is 7.26. The highest BCUT2D eigenvalue weighted by Gasteiger charge is 2.53. The van der Waals surface area contributed by atoms with Crippen molar-refractivity contribution in [1.29, 1.82) is 0 Å². The fourth-order valence-electron chi connectivity index (χ4n) is 7.01. The Labute approximate surface area is 167 Å². The van der Waals surface area contributed by atoms with E-state index in [2.05, 4.69) is 71.0 Å². The van der Waals surface area contributed by atoms with Gasteiger partial charge in [-0.25, -0.2) is 0 Å². The first kappa shape index (κ1) is 19.0. The Morgan fingerprint density at radius 3 is 2.56 bits per heavy atom. The molecule has 0 spiro atoms. The molecule has 3 aliphatic rings. The Morgan fingerprint density at radius 2 is 1.85 bits per heavy atom. The molecule has 4 rings (SSSR count). The van der Waals surface area contributed by atoms with E-state index in [-0.39, 0.29) is 0 Å². The first-order valence-corrected chi connectivity index (χ1v) is 11.4. The van der Waals surface area contributed by atoms with Crippen molar-refractivity contribution in [1.82, 2.24) is 0 Å². The molecule has 5 atom stereocenters. The lowest BCUT2D eigenvalue weighted by atomic mass is 9.59. The molecule has 0 aliphatic heterocycles. The van der Waals surface area contributed by atoms with Crippen molar-refractivity contribution in [3.8, 4) is 0 Å². The third-order valence-corrected chi connectivity index (χ3v) is 8.36. The standard InChI is InChI=1S/C27H38/c1-18(2)23-13-14-27(5)24-12-11-20(4)26(24)22(15-19(3)16-25(23)27)17-21-9-7-6-8-10-21/h6-10,17-19,23-25H,11-16H2,1-5H3/b22-17+/t19-,23+,24+,25+,27+/m1/s1. The summed E-state index contributed by atoms with van der Waals surface area (Å²) in [6.07, 6.45) is 10.8. The smallest absolute Gasteiger partial charge is 0.01000 e. The Kier molecular flexibility index (Phi) is 5.12. The number of hydrogen-bond acceptors (Lipinski definition) is 0. The van der Waals surface area contributed by atoms with Crippen LogP contribution in [-0.4, -0.2) is 0 Å². The van der Waals surface area contributed by atoms with Crippen molar-refractivity contribution >= 4 is 6.08 Å². The molecule has 0 heteroatoms. The van der Waals surface area contributed by atoms with Crippen LogP contribution in [0.5, 0.6) is 0 Å². The minimum Gasteiger partial charge on any atom is -0.0695 e. The molecule has 0 N–H and O–H groups in total. The molecule has 0 heterocycles. The zero-order valence-corrected chi connectivity index (χ0v) is 18.1. The largest absolute Gasteiger partial charge is 0.0695 e.